The van der Waals surface area contributed by atoms with Crippen LogP contribution in [0.2, 0.25) is 0 Å². The molecule has 2 atom stereocenters. The highest BCUT2D eigenvalue weighted by atomic mass is 16.2. The van der Waals surface area contributed by atoms with Crippen molar-refractivity contribution in [2.75, 3.05) is 6.98 Å². The van der Waals surface area contributed by atoms with Crippen molar-refractivity contribution in [1.29, 1.82) is 0 Å². The number of imidazole rings is 1. The summed E-state index contributed by atoms with van der Waals surface area (Å²) in [4.78, 5) is 28.4. The van der Waals surface area contributed by atoms with Gasteiger partial charge in [0.05, 0.1) is 28.7 Å². The lowest BCUT2D eigenvalue weighted by Crippen LogP contribution is -2.31. The van der Waals surface area contributed by atoms with Crippen molar-refractivity contribution >= 4 is 16.9 Å². The smallest absolute Gasteiger partial charge is 0.254 e. The van der Waals surface area contributed by atoms with Gasteiger partial charge < -0.3 is 15.2 Å². The number of hydrogen-bond donors (Lipinski definition) is 1. The van der Waals surface area contributed by atoms with Crippen molar-refractivity contribution in [3.63, 3.8) is 0 Å². The van der Waals surface area contributed by atoms with Gasteiger partial charge in [0.1, 0.15) is 11.6 Å². The number of benzene rings is 2. The van der Waals surface area contributed by atoms with Crippen LogP contribution in [0.5, 0.6) is 0 Å². The average Bonchev–Trinajstić information content (AvgIpc) is 3.36. The van der Waals surface area contributed by atoms with Crippen LogP contribution < -0.4 is 5.73 Å². The van der Waals surface area contributed by atoms with Gasteiger partial charge in [-0.15, -0.1) is 5.92 Å². The monoisotopic (exact) mass is 465 g/mol. The van der Waals surface area contributed by atoms with Gasteiger partial charge in [-0.3, -0.25) is 4.79 Å². The number of rotatable bonds is 2. The number of carbonyl (C=O) groups excluding carboxylic acids is 1. The molecule has 2 aromatic heterocycles. The number of amides is 1. The van der Waals surface area contributed by atoms with E-state index in [1.165, 1.54) is 0 Å². The molecule has 0 spiro atoms. The van der Waals surface area contributed by atoms with E-state index in [0.717, 1.165) is 32.6 Å². The van der Waals surface area contributed by atoms with Crippen LogP contribution in [-0.2, 0) is 5.54 Å². The lowest BCUT2D eigenvalue weighted by Gasteiger charge is -2.24. The van der Waals surface area contributed by atoms with Crippen molar-refractivity contribution in [3.05, 3.63) is 77.1 Å². The zero-order valence-electron chi connectivity index (χ0n) is 22.7. The van der Waals surface area contributed by atoms with Gasteiger partial charge in [-0.1, -0.05) is 18.1 Å². The highest BCUT2D eigenvalue weighted by Crippen LogP contribution is 2.48. The molecule has 0 radical (unpaired) electrons. The van der Waals surface area contributed by atoms with Gasteiger partial charge in [0.15, 0.2) is 0 Å². The van der Waals surface area contributed by atoms with E-state index in [-0.39, 0.29) is 6.04 Å². The Hall–Kier alpha value is -4.02. The molecule has 0 saturated heterocycles. The van der Waals surface area contributed by atoms with Gasteiger partial charge in [0.2, 0.25) is 0 Å². The van der Waals surface area contributed by atoms with Crippen LogP contribution >= 0.6 is 0 Å². The van der Waals surface area contributed by atoms with Crippen LogP contribution in [-0.4, -0.2) is 37.3 Å². The predicted molar refractivity (Wildman–Crippen MR) is 135 cm³/mol. The summed E-state index contributed by atoms with van der Waals surface area (Å²) in [6.45, 7) is 2.82. The average molecular weight is 466 g/mol. The largest absolute Gasteiger partial charge is 0.331 e. The maximum absolute atomic E-state index is 13.6. The number of aromatic nitrogens is 4. The molecule has 6 rings (SSSR count). The number of nitrogens with zero attached hydrogens (tertiary/aromatic N) is 5. The number of fused-ring (bicyclic) bond motifs is 9. The van der Waals surface area contributed by atoms with Crippen molar-refractivity contribution < 1.29 is 8.91 Å². The second kappa shape index (κ2) is 7.49. The van der Waals surface area contributed by atoms with Crippen molar-refractivity contribution in [2.24, 2.45) is 5.73 Å². The molecular formula is C28H26N6O. The van der Waals surface area contributed by atoms with Crippen molar-refractivity contribution in [3.8, 4) is 23.0 Å². The first-order chi connectivity index (χ1) is 18.0. The van der Waals surface area contributed by atoms with E-state index >= 15 is 0 Å². The van der Waals surface area contributed by atoms with Gasteiger partial charge in [-0.2, -0.15) is 0 Å². The highest BCUT2D eigenvalue weighted by molar-refractivity contribution is 5.98. The van der Waals surface area contributed by atoms with Crippen LogP contribution in [0.25, 0.3) is 22.2 Å². The molecule has 2 aliphatic heterocycles. The van der Waals surface area contributed by atoms with Gasteiger partial charge in [0.25, 0.3) is 5.91 Å². The molecule has 0 saturated carbocycles. The molecule has 174 valence electrons. The SMILES string of the molecule is [2H]C([2H])([2H])N1C(=O)c2cccc(C#CC)c2[C@H]2C[C@@H]1c1nc3ccc(-c4cnc(C(C)(C)N)nc4)cc3n12. The molecule has 35 heavy (non-hydrogen) atoms. The fourth-order valence-electron chi connectivity index (χ4n) is 5.18. The minimum Gasteiger partial charge on any atom is -0.331 e. The first kappa shape index (κ1) is 18.3. The first-order valence-corrected chi connectivity index (χ1v) is 11.5. The van der Waals surface area contributed by atoms with Crippen LogP contribution in [0.1, 0.15) is 76.5 Å². The Morgan fingerprint density at radius 2 is 1.94 bits per heavy atom. The predicted octanol–water partition coefficient (Wildman–Crippen LogP) is 4.18. The summed E-state index contributed by atoms with van der Waals surface area (Å²) >= 11 is 0. The molecule has 7 nitrogen and oxygen atoms in total. The second-order valence-corrected chi connectivity index (χ2v) is 9.64. The third-order valence-electron chi connectivity index (χ3n) is 6.79. The Labute approximate surface area is 208 Å². The number of hydrogen-bond acceptors (Lipinski definition) is 5. The Morgan fingerprint density at radius 3 is 2.66 bits per heavy atom. The second-order valence-electron chi connectivity index (χ2n) is 9.64. The Bertz CT molecular complexity index is 1670. The molecule has 4 aromatic rings. The van der Waals surface area contributed by atoms with E-state index in [2.05, 4.69) is 26.4 Å². The lowest BCUT2D eigenvalue weighted by molar-refractivity contribution is 0.0734. The number of nitrogens with two attached hydrogens (primary N) is 1. The van der Waals surface area contributed by atoms with Gasteiger partial charge in [-0.25, -0.2) is 15.0 Å². The summed E-state index contributed by atoms with van der Waals surface area (Å²) in [6.07, 6.45) is 3.91. The summed E-state index contributed by atoms with van der Waals surface area (Å²) < 4.78 is 26.7. The first-order valence-electron chi connectivity index (χ1n) is 13.0. The van der Waals surface area contributed by atoms with Gasteiger partial charge in [-0.05, 0) is 50.6 Å². The molecule has 2 N–H and O–H groups in total. The molecule has 2 bridgehead atoms. The molecule has 2 aromatic carbocycles. The maximum Gasteiger partial charge on any atom is 0.254 e. The highest BCUT2D eigenvalue weighted by Gasteiger charge is 2.44. The molecule has 0 unspecified atom stereocenters. The Balaban J connectivity index is 1.58. The van der Waals surface area contributed by atoms with E-state index < -0.39 is 24.5 Å². The van der Waals surface area contributed by atoms with Gasteiger partial charge >= 0.3 is 0 Å². The Kier molecular flexibility index (Phi) is 3.92. The third-order valence-corrected chi connectivity index (χ3v) is 6.79. The molecule has 2 aliphatic rings. The van der Waals surface area contributed by atoms with Crippen LogP contribution in [0, 0.1) is 11.8 Å². The fraction of sp³-hybridized carbons (Fsp3) is 0.286. The molecule has 0 fully saturated rings. The standard InChI is InChI=1S/C28H26N6O/c1-5-7-16-8-6-9-19-24(16)22-13-23(33(4)26(19)35)25-32-20-11-10-17(12-21(20)34(22)25)18-14-30-27(31-15-18)28(2,3)29/h6,8-12,14-15,22-23H,13,29H2,1-4H3/t22-,23-/m1/s1/i4D3. The zero-order chi connectivity index (χ0) is 27.0. The maximum atomic E-state index is 13.6. The fourth-order valence-corrected chi connectivity index (χ4v) is 5.18. The summed E-state index contributed by atoms with van der Waals surface area (Å²) in [7, 11) is 0. The molecule has 0 aliphatic carbocycles. The van der Waals surface area contributed by atoms with Crippen LogP contribution in [0.4, 0.5) is 0 Å². The summed E-state index contributed by atoms with van der Waals surface area (Å²) in [5.74, 6) is 6.65. The summed E-state index contributed by atoms with van der Waals surface area (Å²) in [5.41, 5.74) is 10.6. The van der Waals surface area contributed by atoms with E-state index in [1.807, 2.05) is 38.1 Å². The topological polar surface area (TPSA) is 89.9 Å². The van der Waals surface area contributed by atoms with Crippen LogP contribution in [0.3, 0.4) is 0 Å². The van der Waals surface area contributed by atoms with E-state index in [0.29, 0.717) is 29.2 Å². The van der Waals surface area contributed by atoms with E-state index in [9.17, 15) is 4.79 Å². The normalized spacial score (nSPS) is 20.3. The number of carbonyl (C=O) groups is 1. The van der Waals surface area contributed by atoms with Crippen molar-refractivity contribution in [2.45, 2.75) is 44.8 Å². The van der Waals surface area contributed by atoms with E-state index in [1.54, 1.807) is 31.5 Å². The molecule has 7 heteroatoms. The minimum absolute atomic E-state index is 0.296. The van der Waals surface area contributed by atoms with Gasteiger partial charge in [0, 0.05) is 52.2 Å². The summed E-state index contributed by atoms with van der Waals surface area (Å²) in [5, 5.41) is 0. The zero-order valence-corrected chi connectivity index (χ0v) is 19.7. The third kappa shape index (κ3) is 3.17. The molecule has 4 heterocycles. The lowest BCUT2D eigenvalue weighted by atomic mass is 9.93. The minimum atomic E-state index is -2.63. The molecular weight excluding hydrogens is 436 g/mol. The molecule has 1 amide bonds. The van der Waals surface area contributed by atoms with E-state index in [4.69, 9.17) is 14.8 Å². The van der Waals surface area contributed by atoms with Crippen molar-refractivity contribution in [1.82, 2.24) is 24.4 Å². The summed E-state index contributed by atoms with van der Waals surface area (Å²) in [6, 6.07) is 10.2. The quantitative estimate of drug-likeness (QED) is 0.449. The van der Waals surface area contributed by atoms with Crippen LogP contribution in [0.15, 0.2) is 48.8 Å². The Morgan fingerprint density at radius 1 is 1.14 bits per heavy atom.